The summed E-state index contributed by atoms with van der Waals surface area (Å²) in [5.41, 5.74) is 7.11. The Morgan fingerprint density at radius 1 is 1.40 bits per heavy atom. The number of carbonyl (C=O) groups excluding carboxylic acids is 1. The summed E-state index contributed by atoms with van der Waals surface area (Å²) < 4.78 is 5.42. The molecule has 1 aromatic rings. The lowest BCUT2D eigenvalue weighted by molar-refractivity contribution is -0.120. The normalized spacial score (nSPS) is 23.2. The van der Waals surface area contributed by atoms with Crippen LogP contribution in [-0.2, 0) is 14.9 Å². The highest BCUT2D eigenvalue weighted by Crippen LogP contribution is 2.47. The van der Waals surface area contributed by atoms with Gasteiger partial charge in [-0.2, -0.15) is 0 Å². The van der Waals surface area contributed by atoms with E-state index in [1.54, 1.807) is 0 Å². The smallest absolute Gasteiger partial charge is 0.229 e. The van der Waals surface area contributed by atoms with Gasteiger partial charge in [-0.25, -0.2) is 0 Å². The van der Waals surface area contributed by atoms with E-state index in [1.807, 2.05) is 12.3 Å². The summed E-state index contributed by atoms with van der Waals surface area (Å²) in [4.78, 5) is 16.0. The number of amides is 1. The number of hydrogen-bond donors (Lipinski definition) is 1. The standard InChI is InChI=1S/C16H22N2O2/c1-11(12-4-8-20-9-5-12)13-2-3-14(18-10-13)16(6-7-16)15(17)19/h2-3,10-12H,4-9H2,1H3,(H2,17,19). The quantitative estimate of drug-likeness (QED) is 0.914. The van der Waals surface area contributed by atoms with Crippen LogP contribution in [-0.4, -0.2) is 24.1 Å². The second-order valence-electron chi connectivity index (χ2n) is 6.16. The second kappa shape index (κ2) is 5.17. The third-order valence-corrected chi connectivity index (χ3v) is 5.00. The van der Waals surface area contributed by atoms with E-state index in [0.717, 1.165) is 44.6 Å². The van der Waals surface area contributed by atoms with Gasteiger partial charge in [0.2, 0.25) is 5.91 Å². The monoisotopic (exact) mass is 274 g/mol. The van der Waals surface area contributed by atoms with E-state index in [0.29, 0.717) is 11.8 Å². The zero-order chi connectivity index (χ0) is 14.2. The molecule has 1 saturated heterocycles. The second-order valence-corrected chi connectivity index (χ2v) is 6.16. The van der Waals surface area contributed by atoms with Crippen molar-refractivity contribution in [3.63, 3.8) is 0 Å². The van der Waals surface area contributed by atoms with Crippen molar-refractivity contribution >= 4 is 5.91 Å². The molecule has 4 heteroatoms. The SMILES string of the molecule is CC(c1ccc(C2(C(N)=O)CC2)nc1)C1CCOCC1. The molecule has 1 unspecified atom stereocenters. The van der Waals surface area contributed by atoms with Crippen molar-refractivity contribution in [2.24, 2.45) is 11.7 Å². The van der Waals surface area contributed by atoms with Gasteiger partial charge in [0.25, 0.3) is 0 Å². The molecule has 20 heavy (non-hydrogen) atoms. The largest absolute Gasteiger partial charge is 0.381 e. The number of pyridine rings is 1. The molecular formula is C16H22N2O2. The minimum Gasteiger partial charge on any atom is -0.381 e. The average molecular weight is 274 g/mol. The molecule has 1 aliphatic heterocycles. The molecule has 0 bridgehead atoms. The van der Waals surface area contributed by atoms with E-state index in [-0.39, 0.29) is 5.91 Å². The van der Waals surface area contributed by atoms with Gasteiger partial charge in [-0.05, 0) is 49.1 Å². The predicted octanol–water partition coefficient (Wildman–Crippen LogP) is 2.13. The van der Waals surface area contributed by atoms with Gasteiger partial charge >= 0.3 is 0 Å². The molecule has 1 aromatic heterocycles. The Labute approximate surface area is 119 Å². The zero-order valence-electron chi connectivity index (χ0n) is 12.0. The summed E-state index contributed by atoms with van der Waals surface area (Å²) in [5, 5.41) is 0. The van der Waals surface area contributed by atoms with Crippen molar-refractivity contribution in [2.75, 3.05) is 13.2 Å². The molecule has 1 aliphatic carbocycles. The van der Waals surface area contributed by atoms with Crippen molar-refractivity contribution in [3.05, 3.63) is 29.6 Å². The van der Waals surface area contributed by atoms with Crippen LogP contribution in [0.15, 0.2) is 18.3 Å². The maximum Gasteiger partial charge on any atom is 0.229 e. The van der Waals surface area contributed by atoms with Crippen LogP contribution < -0.4 is 5.73 Å². The van der Waals surface area contributed by atoms with E-state index in [4.69, 9.17) is 10.5 Å². The van der Waals surface area contributed by atoms with Gasteiger partial charge in [0, 0.05) is 19.4 Å². The molecule has 1 saturated carbocycles. The number of primary amides is 1. The van der Waals surface area contributed by atoms with Crippen LogP contribution in [0.25, 0.3) is 0 Å². The molecule has 0 spiro atoms. The van der Waals surface area contributed by atoms with Crippen LogP contribution in [0.3, 0.4) is 0 Å². The molecule has 2 N–H and O–H groups in total. The number of nitrogens with two attached hydrogens (primary N) is 1. The Balaban J connectivity index is 1.74. The van der Waals surface area contributed by atoms with Gasteiger partial charge in [0.15, 0.2) is 0 Å². The number of carbonyl (C=O) groups is 1. The molecule has 1 amide bonds. The highest BCUT2D eigenvalue weighted by atomic mass is 16.5. The molecule has 2 fully saturated rings. The van der Waals surface area contributed by atoms with E-state index >= 15 is 0 Å². The number of aromatic nitrogens is 1. The minimum absolute atomic E-state index is 0.241. The molecule has 3 rings (SSSR count). The first kappa shape index (κ1) is 13.6. The van der Waals surface area contributed by atoms with Gasteiger partial charge in [0.1, 0.15) is 0 Å². The lowest BCUT2D eigenvalue weighted by Gasteiger charge is -2.28. The predicted molar refractivity (Wildman–Crippen MR) is 76.3 cm³/mol. The number of hydrogen-bond acceptors (Lipinski definition) is 3. The Bertz CT molecular complexity index is 488. The van der Waals surface area contributed by atoms with Crippen molar-refractivity contribution in [1.82, 2.24) is 4.98 Å². The Morgan fingerprint density at radius 3 is 2.60 bits per heavy atom. The van der Waals surface area contributed by atoms with Crippen LogP contribution in [0.4, 0.5) is 0 Å². The van der Waals surface area contributed by atoms with E-state index in [1.165, 1.54) is 5.56 Å². The topological polar surface area (TPSA) is 65.2 Å². The average Bonchev–Trinajstić information content (AvgIpc) is 3.29. The van der Waals surface area contributed by atoms with Crippen molar-refractivity contribution in [1.29, 1.82) is 0 Å². The van der Waals surface area contributed by atoms with Crippen molar-refractivity contribution in [3.8, 4) is 0 Å². The van der Waals surface area contributed by atoms with Gasteiger partial charge < -0.3 is 10.5 Å². The highest BCUT2D eigenvalue weighted by molar-refractivity contribution is 5.89. The summed E-state index contributed by atoms with van der Waals surface area (Å²) >= 11 is 0. The number of rotatable bonds is 4. The fraction of sp³-hybridized carbons (Fsp3) is 0.625. The fourth-order valence-electron chi connectivity index (χ4n) is 3.20. The van der Waals surface area contributed by atoms with Gasteiger partial charge in [-0.15, -0.1) is 0 Å². The van der Waals surface area contributed by atoms with Gasteiger partial charge in [-0.1, -0.05) is 13.0 Å². The van der Waals surface area contributed by atoms with Crippen LogP contribution in [0.5, 0.6) is 0 Å². The molecule has 2 aliphatic rings. The lowest BCUT2D eigenvalue weighted by Crippen LogP contribution is -2.29. The maximum absolute atomic E-state index is 11.5. The molecule has 2 heterocycles. The molecule has 0 radical (unpaired) electrons. The first-order valence-corrected chi connectivity index (χ1v) is 7.47. The molecule has 0 aromatic carbocycles. The third-order valence-electron chi connectivity index (χ3n) is 5.00. The summed E-state index contributed by atoms with van der Waals surface area (Å²) in [6.07, 6.45) is 5.84. The summed E-state index contributed by atoms with van der Waals surface area (Å²) in [6.45, 7) is 3.99. The molecule has 108 valence electrons. The van der Waals surface area contributed by atoms with Crippen LogP contribution in [0, 0.1) is 5.92 Å². The van der Waals surface area contributed by atoms with Crippen LogP contribution in [0.2, 0.25) is 0 Å². The van der Waals surface area contributed by atoms with Crippen molar-refractivity contribution < 1.29 is 9.53 Å². The van der Waals surface area contributed by atoms with E-state index in [9.17, 15) is 4.79 Å². The zero-order valence-corrected chi connectivity index (χ0v) is 12.0. The Kier molecular flexibility index (Phi) is 3.50. The highest BCUT2D eigenvalue weighted by Gasteiger charge is 2.51. The summed E-state index contributed by atoms with van der Waals surface area (Å²) in [5.74, 6) is 0.918. The van der Waals surface area contributed by atoms with E-state index in [2.05, 4.69) is 18.0 Å². The van der Waals surface area contributed by atoms with E-state index < -0.39 is 5.41 Å². The number of ether oxygens (including phenoxy) is 1. The Morgan fingerprint density at radius 2 is 2.10 bits per heavy atom. The van der Waals surface area contributed by atoms with Gasteiger partial charge in [-0.3, -0.25) is 9.78 Å². The number of nitrogens with zero attached hydrogens (tertiary/aromatic N) is 1. The minimum atomic E-state index is -0.472. The molecule has 1 atom stereocenters. The third kappa shape index (κ3) is 2.33. The van der Waals surface area contributed by atoms with Crippen LogP contribution >= 0.6 is 0 Å². The van der Waals surface area contributed by atoms with Crippen molar-refractivity contribution in [2.45, 2.75) is 43.9 Å². The van der Waals surface area contributed by atoms with Gasteiger partial charge in [0.05, 0.1) is 11.1 Å². The lowest BCUT2D eigenvalue weighted by atomic mass is 9.83. The molecule has 4 nitrogen and oxygen atoms in total. The maximum atomic E-state index is 11.5. The Hall–Kier alpha value is -1.42. The first-order valence-electron chi connectivity index (χ1n) is 7.47. The molecular weight excluding hydrogens is 252 g/mol. The fourth-order valence-corrected chi connectivity index (χ4v) is 3.20. The first-order chi connectivity index (χ1) is 9.63. The van der Waals surface area contributed by atoms with Crippen LogP contribution in [0.1, 0.15) is 49.8 Å². The summed E-state index contributed by atoms with van der Waals surface area (Å²) in [7, 11) is 0. The summed E-state index contributed by atoms with van der Waals surface area (Å²) in [6, 6.07) is 4.11.